The molecule has 0 bridgehead atoms. The van der Waals surface area contributed by atoms with Crippen LogP contribution in [0.5, 0.6) is 5.75 Å². The summed E-state index contributed by atoms with van der Waals surface area (Å²) in [7, 11) is 0. The number of esters is 1. The number of benzene rings is 1. The number of ether oxygens (including phenoxy) is 2. The van der Waals surface area contributed by atoms with Crippen LogP contribution in [0.1, 0.15) is 17.0 Å². The summed E-state index contributed by atoms with van der Waals surface area (Å²) in [4.78, 5) is 21.0. The van der Waals surface area contributed by atoms with Crippen LogP contribution in [0.25, 0.3) is 5.78 Å². The molecule has 0 aliphatic rings. The van der Waals surface area contributed by atoms with E-state index in [9.17, 15) is 4.79 Å². The van der Waals surface area contributed by atoms with E-state index in [1.54, 1.807) is 28.8 Å². The van der Waals surface area contributed by atoms with E-state index in [-0.39, 0.29) is 25.6 Å². The van der Waals surface area contributed by atoms with Crippen LogP contribution in [-0.2, 0) is 16.0 Å². The van der Waals surface area contributed by atoms with E-state index in [4.69, 9.17) is 21.1 Å². The van der Waals surface area contributed by atoms with Crippen molar-refractivity contribution in [1.82, 2.24) is 19.6 Å². The van der Waals surface area contributed by atoms with Gasteiger partial charge in [0.25, 0.3) is 5.78 Å². The Kier molecular flexibility index (Phi) is 6.18. The Morgan fingerprint density at radius 3 is 2.81 bits per heavy atom. The smallest absolute Gasteiger partial charge is 0.310 e. The van der Waals surface area contributed by atoms with Crippen molar-refractivity contribution < 1.29 is 14.3 Å². The van der Waals surface area contributed by atoms with Crippen LogP contribution in [0.4, 0.5) is 0 Å². The van der Waals surface area contributed by atoms with Gasteiger partial charge in [-0.25, -0.2) is 9.50 Å². The maximum atomic E-state index is 12.2. The summed E-state index contributed by atoms with van der Waals surface area (Å²) in [5.41, 5.74) is 2.37. The number of carbonyl (C=O) groups excluding carboxylic acids is 1. The fraction of sp³-hybridized carbons (Fsp3) is 0.333. The lowest BCUT2D eigenvalue weighted by atomic mass is 10.1. The molecule has 3 rings (SSSR count). The molecule has 0 atom stereocenters. The third-order valence-electron chi connectivity index (χ3n) is 3.94. The van der Waals surface area contributed by atoms with Gasteiger partial charge in [0, 0.05) is 22.0 Å². The van der Waals surface area contributed by atoms with E-state index < -0.39 is 0 Å². The zero-order valence-electron chi connectivity index (χ0n) is 15.2. The van der Waals surface area contributed by atoms with Gasteiger partial charge in [0.2, 0.25) is 5.16 Å². The SMILES string of the molecule is CSc1nc2nc(C)c(CC(=O)OCCOc3cccc(Cl)c3)c(C)n2n1. The molecule has 142 valence electrons. The lowest BCUT2D eigenvalue weighted by molar-refractivity contribution is -0.143. The Labute approximate surface area is 166 Å². The van der Waals surface area contributed by atoms with Gasteiger partial charge in [-0.1, -0.05) is 29.4 Å². The lowest BCUT2D eigenvalue weighted by Crippen LogP contribution is -2.16. The summed E-state index contributed by atoms with van der Waals surface area (Å²) < 4.78 is 12.4. The second kappa shape index (κ2) is 8.58. The summed E-state index contributed by atoms with van der Waals surface area (Å²) in [6.45, 7) is 4.15. The fourth-order valence-corrected chi connectivity index (χ4v) is 3.12. The number of fused-ring (bicyclic) bond motifs is 1. The number of nitrogens with zero attached hydrogens (tertiary/aromatic N) is 4. The average molecular weight is 407 g/mol. The Hall–Kier alpha value is -2.32. The van der Waals surface area contributed by atoms with Gasteiger partial charge >= 0.3 is 5.97 Å². The number of hydrogen-bond donors (Lipinski definition) is 0. The van der Waals surface area contributed by atoms with Crippen molar-refractivity contribution in [1.29, 1.82) is 0 Å². The quantitative estimate of drug-likeness (QED) is 0.338. The van der Waals surface area contributed by atoms with Gasteiger partial charge in [0.1, 0.15) is 19.0 Å². The van der Waals surface area contributed by atoms with Crippen LogP contribution >= 0.6 is 23.4 Å². The molecule has 0 radical (unpaired) electrons. The standard InChI is InChI=1S/C18H19ClN4O3S/c1-11-15(12(2)23-17(20-11)21-18(22-23)27-3)10-16(24)26-8-7-25-14-6-4-5-13(19)9-14/h4-6,9H,7-8,10H2,1-3H3. The van der Waals surface area contributed by atoms with Crippen molar-refractivity contribution in [3.63, 3.8) is 0 Å². The van der Waals surface area contributed by atoms with Gasteiger partial charge in [-0.2, -0.15) is 4.98 Å². The first kappa shape index (κ1) is 19.4. The molecule has 9 heteroatoms. The zero-order chi connectivity index (χ0) is 19.4. The summed E-state index contributed by atoms with van der Waals surface area (Å²) in [6, 6.07) is 7.06. The van der Waals surface area contributed by atoms with Crippen LogP contribution < -0.4 is 4.74 Å². The van der Waals surface area contributed by atoms with Crippen molar-refractivity contribution in [3.8, 4) is 5.75 Å². The number of aryl methyl sites for hydroxylation is 2. The Morgan fingerprint density at radius 1 is 1.26 bits per heavy atom. The van der Waals surface area contributed by atoms with Crippen LogP contribution in [0.2, 0.25) is 5.02 Å². The maximum absolute atomic E-state index is 12.2. The highest BCUT2D eigenvalue weighted by atomic mass is 35.5. The molecule has 7 nitrogen and oxygen atoms in total. The van der Waals surface area contributed by atoms with Crippen molar-refractivity contribution >= 4 is 35.1 Å². The summed E-state index contributed by atoms with van der Waals surface area (Å²) in [5.74, 6) is 0.819. The van der Waals surface area contributed by atoms with Crippen LogP contribution in [0.3, 0.4) is 0 Å². The summed E-state index contributed by atoms with van der Waals surface area (Å²) in [6.07, 6.45) is 2.02. The molecule has 0 fully saturated rings. The van der Waals surface area contributed by atoms with Gasteiger partial charge < -0.3 is 9.47 Å². The molecule has 0 amide bonds. The second-order valence-corrected chi connectivity index (χ2v) is 6.98. The van der Waals surface area contributed by atoms with Crippen molar-refractivity contribution in [2.24, 2.45) is 0 Å². The first-order valence-electron chi connectivity index (χ1n) is 8.28. The van der Waals surface area contributed by atoms with Crippen LogP contribution in [-0.4, -0.2) is 45.0 Å². The number of carbonyl (C=O) groups is 1. The van der Waals surface area contributed by atoms with E-state index in [2.05, 4.69) is 15.1 Å². The molecule has 0 aliphatic heterocycles. The van der Waals surface area contributed by atoms with E-state index in [1.807, 2.05) is 20.1 Å². The number of hydrogen-bond acceptors (Lipinski definition) is 7. The normalized spacial score (nSPS) is 11.0. The first-order valence-corrected chi connectivity index (χ1v) is 9.89. The average Bonchev–Trinajstić information content (AvgIpc) is 3.05. The predicted octanol–water partition coefficient (Wildman–Crippen LogP) is 3.28. The molecule has 2 aromatic heterocycles. The Bertz CT molecular complexity index is 977. The highest BCUT2D eigenvalue weighted by molar-refractivity contribution is 7.98. The molecule has 0 saturated heterocycles. The van der Waals surface area contributed by atoms with E-state index >= 15 is 0 Å². The monoisotopic (exact) mass is 406 g/mol. The fourth-order valence-electron chi connectivity index (χ4n) is 2.60. The molecule has 0 unspecified atom stereocenters. The largest absolute Gasteiger partial charge is 0.490 e. The molecule has 0 N–H and O–H groups in total. The molecule has 0 aliphatic carbocycles. The lowest BCUT2D eigenvalue weighted by Gasteiger charge is -2.11. The van der Waals surface area contributed by atoms with Gasteiger partial charge in [-0.3, -0.25) is 4.79 Å². The molecular weight excluding hydrogens is 388 g/mol. The Morgan fingerprint density at radius 2 is 2.07 bits per heavy atom. The number of aromatic nitrogens is 4. The van der Waals surface area contributed by atoms with Gasteiger partial charge in [0.15, 0.2) is 0 Å². The third-order valence-corrected chi connectivity index (χ3v) is 4.72. The number of halogens is 1. The highest BCUT2D eigenvalue weighted by Crippen LogP contribution is 2.18. The van der Waals surface area contributed by atoms with Crippen molar-refractivity contribution in [3.05, 3.63) is 46.2 Å². The Balaban J connectivity index is 1.59. The first-order chi connectivity index (χ1) is 13.0. The van der Waals surface area contributed by atoms with Crippen LogP contribution in [0.15, 0.2) is 29.4 Å². The van der Waals surface area contributed by atoms with E-state index in [1.165, 1.54) is 11.8 Å². The topological polar surface area (TPSA) is 78.6 Å². The van der Waals surface area contributed by atoms with E-state index in [0.717, 1.165) is 17.0 Å². The maximum Gasteiger partial charge on any atom is 0.310 e. The minimum Gasteiger partial charge on any atom is -0.490 e. The van der Waals surface area contributed by atoms with Crippen LogP contribution in [0, 0.1) is 13.8 Å². The van der Waals surface area contributed by atoms with Crippen molar-refractivity contribution in [2.45, 2.75) is 25.4 Å². The van der Waals surface area contributed by atoms with E-state index in [0.29, 0.717) is 21.7 Å². The molecule has 3 aromatic rings. The molecule has 2 heterocycles. The van der Waals surface area contributed by atoms with Crippen molar-refractivity contribution in [2.75, 3.05) is 19.5 Å². The number of rotatable bonds is 7. The third kappa shape index (κ3) is 4.70. The van der Waals surface area contributed by atoms with Gasteiger partial charge in [0.05, 0.1) is 6.42 Å². The minimum absolute atomic E-state index is 0.117. The molecule has 0 saturated carbocycles. The molecule has 1 aromatic carbocycles. The van der Waals surface area contributed by atoms with Gasteiger partial charge in [-0.15, -0.1) is 5.10 Å². The second-order valence-electron chi connectivity index (χ2n) is 5.77. The zero-order valence-corrected chi connectivity index (χ0v) is 16.8. The predicted molar refractivity (Wildman–Crippen MR) is 104 cm³/mol. The molecule has 27 heavy (non-hydrogen) atoms. The minimum atomic E-state index is -0.345. The van der Waals surface area contributed by atoms with Gasteiger partial charge in [-0.05, 0) is 38.3 Å². The summed E-state index contributed by atoms with van der Waals surface area (Å²) in [5, 5.41) is 5.61. The number of thioether (sulfide) groups is 1. The molecule has 0 spiro atoms. The summed E-state index contributed by atoms with van der Waals surface area (Å²) >= 11 is 7.34. The highest BCUT2D eigenvalue weighted by Gasteiger charge is 2.16. The molecular formula is C18H19ClN4O3S.